The van der Waals surface area contributed by atoms with Gasteiger partial charge in [0, 0.05) is 32.7 Å². The Morgan fingerprint density at radius 1 is 1.73 bits per heavy atom. The molecule has 0 aliphatic carbocycles. The van der Waals surface area contributed by atoms with E-state index in [0.717, 1.165) is 13.6 Å². The van der Waals surface area contributed by atoms with Gasteiger partial charge in [0.15, 0.2) is 0 Å². The maximum Gasteiger partial charge on any atom is 0 e. The average molecular weight is 400 g/mol. The number of hydrogen-bond donors (Lipinski definition) is 0. The fourth-order valence-electron chi connectivity index (χ4n) is 0.607. The van der Waals surface area contributed by atoms with E-state index in [-0.39, 0.29) is 32.7 Å². The van der Waals surface area contributed by atoms with E-state index in [1.54, 1.807) is 0 Å². The first-order valence-corrected chi connectivity index (χ1v) is 4.57. The van der Waals surface area contributed by atoms with Crippen molar-refractivity contribution >= 4 is 38.5 Å². The minimum absolute atomic E-state index is 0. The molecule has 4 heteroatoms. The SMILES string of the molecule is C=C1C(I)=[C-]N(C)C=C1Br.[Y]. The summed E-state index contributed by atoms with van der Waals surface area (Å²) in [5, 5.41) is 0. The summed E-state index contributed by atoms with van der Waals surface area (Å²) in [7, 11) is 1.94. The molecular formula is C7H6BrINY-. The average Bonchev–Trinajstić information content (AvgIpc) is 1.82. The Morgan fingerprint density at radius 3 is 2.73 bits per heavy atom. The van der Waals surface area contributed by atoms with Crippen molar-refractivity contribution in [3.63, 3.8) is 0 Å². The Kier molecular flexibility index (Phi) is 5.77. The molecule has 1 radical (unpaired) electrons. The quantitative estimate of drug-likeness (QED) is 0.447. The number of rotatable bonds is 0. The van der Waals surface area contributed by atoms with Gasteiger partial charge in [-0.15, -0.1) is 12.2 Å². The molecule has 1 nitrogen and oxygen atoms in total. The molecule has 1 aliphatic heterocycles. The van der Waals surface area contributed by atoms with Gasteiger partial charge in [-0.05, 0) is 7.05 Å². The minimum Gasteiger partial charge on any atom is -0.462 e. The van der Waals surface area contributed by atoms with Gasteiger partial charge >= 0.3 is 0 Å². The van der Waals surface area contributed by atoms with Crippen molar-refractivity contribution in [3.05, 3.63) is 32.6 Å². The molecule has 1 aliphatic rings. The van der Waals surface area contributed by atoms with Crippen LogP contribution in [0.15, 0.2) is 26.4 Å². The third-order valence-corrected chi connectivity index (χ3v) is 2.71. The van der Waals surface area contributed by atoms with Crippen LogP contribution in [0.3, 0.4) is 0 Å². The molecule has 0 amide bonds. The van der Waals surface area contributed by atoms with E-state index in [9.17, 15) is 0 Å². The molecule has 0 spiro atoms. The molecular weight excluding hydrogens is 394 g/mol. The molecule has 11 heavy (non-hydrogen) atoms. The monoisotopic (exact) mass is 399 g/mol. The molecule has 0 saturated heterocycles. The van der Waals surface area contributed by atoms with Crippen molar-refractivity contribution in [1.29, 1.82) is 0 Å². The summed E-state index contributed by atoms with van der Waals surface area (Å²) in [5.74, 6) is 0. The van der Waals surface area contributed by atoms with E-state index >= 15 is 0 Å². The Hall–Kier alpha value is 1.33. The van der Waals surface area contributed by atoms with Gasteiger partial charge in [0.25, 0.3) is 0 Å². The van der Waals surface area contributed by atoms with Crippen LogP contribution < -0.4 is 0 Å². The Bertz CT molecular complexity index is 213. The summed E-state index contributed by atoms with van der Waals surface area (Å²) in [6.07, 6.45) is 5.03. The second-order valence-corrected chi connectivity index (χ2v) is 3.93. The minimum atomic E-state index is 0. The van der Waals surface area contributed by atoms with Crippen LogP contribution >= 0.6 is 38.5 Å². The smallest absolute Gasteiger partial charge is 0 e. The zero-order valence-electron chi connectivity index (χ0n) is 6.06. The van der Waals surface area contributed by atoms with E-state index in [0.29, 0.717) is 0 Å². The van der Waals surface area contributed by atoms with E-state index in [2.05, 4.69) is 51.3 Å². The van der Waals surface area contributed by atoms with Crippen LogP contribution in [-0.2, 0) is 32.7 Å². The first-order valence-electron chi connectivity index (χ1n) is 2.70. The molecule has 0 aromatic heterocycles. The van der Waals surface area contributed by atoms with Crippen molar-refractivity contribution in [2.24, 2.45) is 0 Å². The van der Waals surface area contributed by atoms with Gasteiger partial charge in [-0.3, -0.25) is 0 Å². The fraction of sp³-hybridized carbons (Fsp3) is 0.143. The van der Waals surface area contributed by atoms with Crippen LogP contribution in [0.4, 0.5) is 0 Å². The van der Waals surface area contributed by atoms with Gasteiger partial charge in [0.2, 0.25) is 0 Å². The molecule has 0 saturated carbocycles. The largest absolute Gasteiger partial charge is 0.462 e. The Morgan fingerprint density at radius 2 is 2.27 bits per heavy atom. The Balaban J connectivity index is 0.000001000. The van der Waals surface area contributed by atoms with Crippen molar-refractivity contribution < 1.29 is 32.7 Å². The molecule has 0 atom stereocenters. The van der Waals surface area contributed by atoms with E-state index < -0.39 is 0 Å². The summed E-state index contributed by atoms with van der Waals surface area (Å²) < 4.78 is 2.08. The molecule has 57 valence electrons. The predicted octanol–water partition coefficient (Wildman–Crippen LogP) is 2.80. The standard InChI is InChI=1S/C7H6BrIN.Y/c1-5-6(8)3-10(2)4-7(5)9;/h3H,1H2,2H3;/q-1;. The van der Waals surface area contributed by atoms with Crippen LogP contribution in [0.25, 0.3) is 0 Å². The summed E-state index contributed by atoms with van der Waals surface area (Å²) in [6.45, 7) is 3.86. The third-order valence-electron chi connectivity index (χ3n) is 1.13. The number of halogens is 2. The van der Waals surface area contributed by atoms with Gasteiger partial charge < -0.3 is 4.90 Å². The van der Waals surface area contributed by atoms with Gasteiger partial charge in [-0.25, -0.2) is 0 Å². The normalized spacial score (nSPS) is 17.0. The second-order valence-electron chi connectivity index (χ2n) is 1.99. The molecule has 0 N–H and O–H groups in total. The predicted molar refractivity (Wildman–Crippen MR) is 54.7 cm³/mol. The van der Waals surface area contributed by atoms with Gasteiger partial charge in [0.1, 0.15) is 0 Å². The van der Waals surface area contributed by atoms with Crippen LogP contribution in [0.5, 0.6) is 0 Å². The summed E-state index contributed by atoms with van der Waals surface area (Å²) in [5.41, 5.74) is 0.999. The molecule has 1 rings (SSSR count). The molecule has 0 fully saturated rings. The van der Waals surface area contributed by atoms with Gasteiger partial charge in [-0.2, -0.15) is 0 Å². The summed E-state index contributed by atoms with van der Waals surface area (Å²) >= 11 is 5.60. The van der Waals surface area contributed by atoms with Crippen LogP contribution in [0.2, 0.25) is 0 Å². The maximum atomic E-state index is 3.86. The third kappa shape index (κ3) is 3.29. The van der Waals surface area contributed by atoms with Gasteiger partial charge in [-0.1, -0.05) is 59.0 Å². The van der Waals surface area contributed by atoms with Crippen LogP contribution in [0.1, 0.15) is 0 Å². The van der Waals surface area contributed by atoms with Crippen molar-refractivity contribution in [2.45, 2.75) is 0 Å². The Labute approximate surface area is 114 Å². The van der Waals surface area contributed by atoms with E-state index in [1.807, 2.05) is 18.1 Å². The zero-order valence-corrected chi connectivity index (χ0v) is 12.6. The number of allylic oxidation sites excluding steroid dienone is 3. The number of nitrogens with zero attached hydrogens (tertiary/aromatic N) is 1. The van der Waals surface area contributed by atoms with Crippen LogP contribution in [0, 0.1) is 6.20 Å². The molecule has 0 bridgehead atoms. The summed E-state index contributed by atoms with van der Waals surface area (Å²) in [6, 6.07) is 0. The summed E-state index contributed by atoms with van der Waals surface area (Å²) in [4.78, 5) is 1.88. The first-order chi connectivity index (χ1) is 4.61. The second kappa shape index (κ2) is 5.15. The maximum absolute atomic E-state index is 3.86. The topological polar surface area (TPSA) is 3.24 Å². The number of hydrogen-bond acceptors (Lipinski definition) is 1. The van der Waals surface area contributed by atoms with E-state index in [1.165, 1.54) is 0 Å². The molecule has 0 aromatic carbocycles. The fourth-order valence-corrected chi connectivity index (χ4v) is 2.15. The van der Waals surface area contributed by atoms with E-state index in [4.69, 9.17) is 0 Å². The van der Waals surface area contributed by atoms with Crippen molar-refractivity contribution in [1.82, 2.24) is 4.90 Å². The zero-order chi connectivity index (χ0) is 7.72. The van der Waals surface area contributed by atoms with Crippen molar-refractivity contribution in [3.8, 4) is 0 Å². The molecule has 1 heterocycles. The van der Waals surface area contributed by atoms with Gasteiger partial charge in [0.05, 0.1) is 0 Å². The van der Waals surface area contributed by atoms with Crippen LogP contribution in [-0.4, -0.2) is 11.9 Å². The molecule has 0 unspecified atom stereocenters. The molecule has 0 aromatic rings. The first kappa shape index (κ1) is 12.3. The van der Waals surface area contributed by atoms with Crippen molar-refractivity contribution in [2.75, 3.05) is 7.05 Å².